The van der Waals surface area contributed by atoms with Crippen molar-refractivity contribution in [2.75, 3.05) is 0 Å². The van der Waals surface area contributed by atoms with Crippen molar-refractivity contribution >= 4 is 11.9 Å². The van der Waals surface area contributed by atoms with Gasteiger partial charge in [0.05, 0.1) is 5.57 Å². The lowest BCUT2D eigenvalue weighted by Crippen LogP contribution is -2.39. The van der Waals surface area contributed by atoms with E-state index in [0.29, 0.717) is 11.3 Å². The molecule has 0 aromatic carbocycles. The number of hydrogen-bond donors (Lipinski definition) is 0. The topological polar surface area (TPSA) is 52.6 Å². The Hall–Kier alpha value is -1.32. The molecular weight excluding hydrogens is 232 g/mol. The third-order valence-corrected chi connectivity index (χ3v) is 3.87. The molecule has 1 heterocycles. The van der Waals surface area contributed by atoms with E-state index >= 15 is 0 Å². The molecule has 0 aromatic heterocycles. The maximum Gasteiger partial charge on any atom is 0.338 e. The molecule has 0 aromatic rings. The third kappa shape index (κ3) is 2.28. The molecule has 0 N–H and O–H groups in total. The molecule has 18 heavy (non-hydrogen) atoms. The Bertz CT molecular complexity index is 395. The molecule has 1 aliphatic heterocycles. The smallest absolute Gasteiger partial charge is 0.338 e. The first-order chi connectivity index (χ1) is 8.26. The van der Waals surface area contributed by atoms with Gasteiger partial charge in [-0.05, 0) is 19.3 Å². The van der Waals surface area contributed by atoms with Crippen LogP contribution in [0.1, 0.15) is 48.0 Å². The Labute approximate surface area is 108 Å². The van der Waals surface area contributed by atoms with Gasteiger partial charge in [0.1, 0.15) is 11.4 Å². The number of carbonyl (C=O) groups is 2. The quantitative estimate of drug-likeness (QED) is 0.441. The van der Waals surface area contributed by atoms with Crippen LogP contribution < -0.4 is 0 Å². The first kappa shape index (κ1) is 14.7. The summed E-state index contributed by atoms with van der Waals surface area (Å²) in [6, 6.07) is 0. The largest absolute Gasteiger partial charge is 0.455 e. The molecule has 0 spiro atoms. The number of cyclic esters (lactones) is 1. The van der Waals surface area contributed by atoms with Crippen molar-refractivity contribution in [1.82, 2.24) is 0 Å². The summed E-state index contributed by atoms with van der Waals surface area (Å²) >= 11 is 0. The molecule has 4 heteroatoms. The first-order valence-electron chi connectivity index (χ1n) is 6.38. The van der Waals surface area contributed by atoms with Crippen LogP contribution in [0.5, 0.6) is 0 Å². The minimum Gasteiger partial charge on any atom is -0.455 e. The van der Waals surface area contributed by atoms with Crippen molar-refractivity contribution in [3.05, 3.63) is 11.3 Å². The van der Waals surface area contributed by atoms with Crippen LogP contribution in [0.3, 0.4) is 0 Å². The van der Waals surface area contributed by atoms with Crippen molar-refractivity contribution < 1.29 is 19.1 Å². The molecule has 0 amide bonds. The molecule has 0 bridgehead atoms. The number of allylic oxidation sites excluding steroid dienone is 1. The van der Waals surface area contributed by atoms with E-state index in [1.54, 1.807) is 6.92 Å². The van der Waals surface area contributed by atoms with Gasteiger partial charge < -0.3 is 9.47 Å². The summed E-state index contributed by atoms with van der Waals surface area (Å²) in [5.41, 5.74) is -0.00543. The van der Waals surface area contributed by atoms with Crippen LogP contribution in [0.25, 0.3) is 0 Å². The van der Waals surface area contributed by atoms with Crippen LogP contribution in [-0.4, -0.2) is 17.5 Å². The maximum absolute atomic E-state index is 12.0. The van der Waals surface area contributed by atoms with Crippen LogP contribution >= 0.6 is 0 Å². The van der Waals surface area contributed by atoms with E-state index in [-0.39, 0.29) is 17.8 Å². The second-order valence-electron chi connectivity index (χ2n) is 5.14. The van der Waals surface area contributed by atoms with Gasteiger partial charge in [-0.15, -0.1) is 0 Å². The predicted molar refractivity (Wildman–Crippen MR) is 67.6 cm³/mol. The minimum atomic E-state index is -0.492. The van der Waals surface area contributed by atoms with Gasteiger partial charge in [-0.25, -0.2) is 4.79 Å². The normalized spacial score (nSPS) is 30.4. The lowest BCUT2D eigenvalue weighted by atomic mass is 9.76. The van der Waals surface area contributed by atoms with Crippen molar-refractivity contribution in [3.8, 4) is 0 Å². The van der Waals surface area contributed by atoms with Gasteiger partial charge in [-0.2, -0.15) is 0 Å². The van der Waals surface area contributed by atoms with E-state index in [1.807, 2.05) is 27.7 Å². The molecule has 2 atom stereocenters. The second kappa shape index (κ2) is 5.12. The summed E-state index contributed by atoms with van der Waals surface area (Å²) in [5, 5.41) is 0. The van der Waals surface area contributed by atoms with Crippen LogP contribution in [0.2, 0.25) is 0 Å². The third-order valence-electron chi connectivity index (χ3n) is 3.87. The molecule has 1 aliphatic rings. The molecule has 0 radical (unpaired) electrons. The monoisotopic (exact) mass is 254 g/mol. The molecule has 1 fully saturated rings. The summed E-state index contributed by atoms with van der Waals surface area (Å²) in [6.45, 7) is 11.0. The van der Waals surface area contributed by atoms with E-state index in [1.165, 1.54) is 6.92 Å². The van der Waals surface area contributed by atoms with Gasteiger partial charge >= 0.3 is 11.9 Å². The molecule has 0 aliphatic carbocycles. The Morgan fingerprint density at radius 2 is 2.00 bits per heavy atom. The molecule has 2 unspecified atom stereocenters. The van der Waals surface area contributed by atoms with Crippen LogP contribution in [0, 0.1) is 11.8 Å². The summed E-state index contributed by atoms with van der Waals surface area (Å²) in [4.78, 5) is 23.0. The summed E-state index contributed by atoms with van der Waals surface area (Å²) in [6.07, 6.45) is 0.744. The number of ether oxygens (including phenoxy) is 2. The molecular formula is C14H22O4. The number of rotatable bonds is 3. The maximum atomic E-state index is 12.0. The Morgan fingerprint density at radius 1 is 1.44 bits per heavy atom. The number of esters is 2. The minimum absolute atomic E-state index is 0.0747. The molecule has 1 saturated heterocycles. The predicted octanol–water partition coefficient (Wildman–Crippen LogP) is 2.82. The molecule has 4 nitrogen and oxygen atoms in total. The van der Waals surface area contributed by atoms with Gasteiger partial charge in [0.2, 0.25) is 0 Å². The fourth-order valence-electron chi connectivity index (χ4n) is 2.86. The Balaban J connectivity index is 3.19. The summed E-state index contributed by atoms with van der Waals surface area (Å²) < 4.78 is 10.6. The van der Waals surface area contributed by atoms with Gasteiger partial charge in [0, 0.05) is 12.8 Å². The van der Waals surface area contributed by atoms with Crippen molar-refractivity contribution in [1.29, 1.82) is 0 Å². The standard InChI is InChI=1S/C14H22O4/c1-7-14(8(2)3)9(4)12(13(16)18-14)10(5)17-11(6)15/h8-9H,7H2,1-6H3/b12-10+. The number of carbonyl (C=O) groups excluding carboxylic acids is 2. The Morgan fingerprint density at radius 3 is 2.33 bits per heavy atom. The van der Waals surface area contributed by atoms with Gasteiger partial charge in [-0.3, -0.25) is 4.79 Å². The highest BCUT2D eigenvalue weighted by Gasteiger charge is 2.52. The average molecular weight is 254 g/mol. The zero-order chi connectivity index (χ0) is 14.1. The zero-order valence-corrected chi connectivity index (χ0v) is 12.0. The highest BCUT2D eigenvalue weighted by atomic mass is 16.6. The zero-order valence-electron chi connectivity index (χ0n) is 12.0. The van der Waals surface area contributed by atoms with Gasteiger partial charge in [0.15, 0.2) is 0 Å². The van der Waals surface area contributed by atoms with Gasteiger partial charge in [0.25, 0.3) is 0 Å². The van der Waals surface area contributed by atoms with Crippen LogP contribution in [-0.2, 0) is 19.1 Å². The average Bonchev–Trinajstić information content (AvgIpc) is 2.49. The second-order valence-corrected chi connectivity index (χ2v) is 5.14. The summed E-state index contributed by atoms with van der Waals surface area (Å²) in [5.74, 6) is -0.287. The van der Waals surface area contributed by atoms with E-state index in [9.17, 15) is 9.59 Å². The van der Waals surface area contributed by atoms with Crippen LogP contribution in [0.4, 0.5) is 0 Å². The lowest BCUT2D eigenvalue weighted by molar-refractivity contribution is -0.152. The first-order valence-corrected chi connectivity index (χ1v) is 6.38. The van der Waals surface area contributed by atoms with Crippen molar-refractivity contribution in [2.45, 2.75) is 53.6 Å². The fourth-order valence-corrected chi connectivity index (χ4v) is 2.86. The van der Waals surface area contributed by atoms with Crippen LogP contribution in [0.15, 0.2) is 11.3 Å². The Kier molecular flexibility index (Phi) is 4.20. The van der Waals surface area contributed by atoms with Crippen molar-refractivity contribution in [3.63, 3.8) is 0 Å². The molecule has 102 valence electrons. The van der Waals surface area contributed by atoms with E-state index in [0.717, 1.165) is 6.42 Å². The van der Waals surface area contributed by atoms with E-state index < -0.39 is 11.6 Å². The lowest BCUT2D eigenvalue weighted by Gasteiger charge is -2.34. The van der Waals surface area contributed by atoms with Crippen molar-refractivity contribution in [2.24, 2.45) is 11.8 Å². The SMILES string of the molecule is CCC1(C(C)C)OC(=O)/C(=C(\C)OC(C)=O)C1C. The van der Waals surface area contributed by atoms with Gasteiger partial charge in [-0.1, -0.05) is 27.7 Å². The van der Waals surface area contributed by atoms with E-state index in [2.05, 4.69) is 0 Å². The fraction of sp³-hybridized carbons (Fsp3) is 0.714. The highest BCUT2D eigenvalue weighted by Crippen LogP contribution is 2.45. The highest BCUT2D eigenvalue weighted by molar-refractivity contribution is 5.93. The van der Waals surface area contributed by atoms with E-state index in [4.69, 9.17) is 9.47 Å². The molecule has 0 saturated carbocycles. The number of hydrogen-bond acceptors (Lipinski definition) is 4. The molecule has 1 rings (SSSR count). The summed E-state index contributed by atoms with van der Waals surface area (Å²) in [7, 11) is 0.